The summed E-state index contributed by atoms with van der Waals surface area (Å²) in [5.41, 5.74) is -3.09. The van der Waals surface area contributed by atoms with E-state index in [0.717, 1.165) is 0 Å². The second-order valence-electron chi connectivity index (χ2n) is 8.44. The molecule has 12 heteroatoms. The first kappa shape index (κ1) is 24.4. The number of hydrogen-bond acceptors (Lipinski definition) is 10. The van der Waals surface area contributed by atoms with Gasteiger partial charge in [0.1, 0.15) is 0 Å². The highest BCUT2D eigenvalue weighted by Gasteiger charge is 2.57. The molecule has 0 aromatic carbocycles. The Morgan fingerprint density at radius 3 is 1.21 bits per heavy atom. The molecule has 2 heterocycles. The van der Waals surface area contributed by atoms with Crippen LogP contribution < -0.4 is 0 Å². The van der Waals surface area contributed by atoms with E-state index in [0.29, 0.717) is 0 Å². The summed E-state index contributed by atoms with van der Waals surface area (Å²) < 4.78 is 33.4. The maximum Gasteiger partial charge on any atom is 0.319 e. The van der Waals surface area contributed by atoms with Crippen LogP contribution in [-0.2, 0) is 60.8 Å². The third-order valence-electron chi connectivity index (χ3n) is 4.41. The molecule has 0 saturated carbocycles. The van der Waals surface area contributed by atoms with Gasteiger partial charge in [-0.3, -0.25) is 9.59 Å². The molecule has 162 valence electrons. The van der Waals surface area contributed by atoms with Gasteiger partial charge in [0, 0.05) is 10.8 Å². The van der Waals surface area contributed by atoms with Gasteiger partial charge >= 0.3 is 11.9 Å². The van der Waals surface area contributed by atoms with Crippen molar-refractivity contribution in [2.45, 2.75) is 39.0 Å². The summed E-state index contributed by atoms with van der Waals surface area (Å²) in [6.07, 6.45) is 0. The number of esters is 2. The van der Waals surface area contributed by atoms with E-state index in [2.05, 4.69) is 0 Å². The van der Waals surface area contributed by atoms with Crippen LogP contribution >= 0.6 is 13.0 Å². The van der Waals surface area contributed by atoms with E-state index in [1.54, 1.807) is 0 Å². The quantitative estimate of drug-likeness (QED) is 0.438. The van der Waals surface area contributed by atoms with Gasteiger partial charge in [-0.25, -0.2) is 0 Å². The molecule has 0 aromatic heterocycles. The largest absolute Gasteiger partial charge is 0.468 e. The third-order valence-corrected chi connectivity index (χ3v) is 11.6. The van der Waals surface area contributed by atoms with Crippen molar-refractivity contribution < 1.29 is 37.2 Å². The monoisotopic (exact) mass is 474 g/mol. The molecule has 0 aromatic rings. The van der Waals surface area contributed by atoms with Gasteiger partial charge in [0.05, 0.1) is 40.6 Å². The van der Waals surface area contributed by atoms with Gasteiger partial charge in [0.15, 0.2) is 11.3 Å². The summed E-state index contributed by atoms with van der Waals surface area (Å²) in [7, 11) is 2.42. The smallest absolute Gasteiger partial charge is 0.319 e. The number of ether oxygens (including phenoxy) is 2. The minimum absolute atomic E-state index is 0.271. The van der Waals surface area contributed by atoms with E-state index in [9.17, 15) is 9.59 Å². The van der Waals surface area contributed by atoms with Crippen LogP contribution in [0.15, 0.2) is 0 Å². The van der Waals surface area contributed by atoms with Crippen molar-refractivity contribution in [1.82, 2.24) is 0 Å². The van der Waals surface area contributed by atoms with E-state index in [-0.39, 0.29) is 37.3 Å². The molecule has 2 aliphatic rings. The molecule has 0 aliphatic carbocycles. The molecule has 0 N–H and O–H groups in total. The molecule has 2 rings (SSSR count). The fraction of sp³-hybridized carbons (Fsp3) is 0.875. The Labute approximate surface area is 176 Å². The van der Waals surface area contributed by atoms with Crippen LogP contribution in [0.4, 0.5) is 0 Å². The van der Waals surface area contributed by atoms with Crippen molar-refractivity contribution in [3.8, 4) is 0 Å². The zero-order valence-electron chi connectivity index (χ0n) is 17.0. The zero-order valence-corrected chi connectivity index (χ0v) is 20.4. The summed E-state index contributed by atoms with van der Waals surface area (Å²) in [6.45, 7) is 2.37. The molecule has 2 saturated heterocycles. The van der Waals surface area contributed by atoms with Crippen LogP contribution in [0.1, 0.15) is 27.7 Å². The highest BCUT2D eigenvalue weighted by atomic mass is 32.5. The standard InChI is InChI=1S/C16H28O8P2S2/c1-15(2)7-21-25(27,22-8-15)11(13(17)19-5)12(14(18)20-6)26(28)23-9-16(3,4)10-24-26/h11-12H,7-10H2,1-6H3/t11-,12-/m1/s1. The van der Waals surface area contributed by atoms with Crippen LogP contribution in [0, 0.1) is 10.8 Å². The summed E-state index contributed by atoms with van der Waals surface area (Å²) in [5, 5.41) is 0. The van der Waals surface area contributed by atoms with Gasteiger partial charge in [-0.15, -0.1) is 0 Å². The van der Waals surface area contributed by atoms with Crippen LogP contribution in [0.5, 0.6) is 0 Å². The summed E-state index contributed by atoms with van der Waals surface area (Å²) in [6, 6.07) is 0. The van der Waals surface area contributed by atoms with E-state index in [4.69, 9.17) is 51.2 Å². The third kappa shape index (κ3) is 5.22. The Kier molecular flexibility index (Phi) is 7.54. The Morgan fingerprint density at radius 2 is 1.00 bits per heavy atom. The molecule has 0 radical (unpaired) electrons. The summed E-state index contributed by atoms with van der Waals surface area (Å²) in [5.74, 6) is -1.50. The molecule has 0 amide bonds. The van der Waals surface area contributed by atoms with Gasteiger partial charge in [-0.2, -0.15) is 0 Å². The number of methoxy groups -OCH3 is 2. The molecule has 0 unspecified atom stereocenters. The van der Waals surface area contributed by atoms with Gasteiger partial charge in [-0.1, -0.05) is 27.7 Å². The minimum Gasteiger partial charge on any atom is -0.468 e. The van der Waals surface area contributed by atoms with Crippen molar-refractivity contribution in [2.75, 3.05) is 40.6 Å². The first-order chi connectivity index (χ1) is 12.8. The first-order valence-corrected chi connectivity index (χ1v) is 14.1. The van der Waals surface area contributed by atoms with Crippen molar-refractivity contribution in [2.24, 2.45) is 10.8 Å². The first-order valence-electron chi connectivity index (χ1n) is 8.72. The summed E-state index contributed by atoms with van der Waals surface area (Å²) >= 11 is 11.3. The predicted molar refractivity (Wildman–Crippen MR) is 112 cm³/mol. The lowest BCUT2D eigenvalue weighted by atomic mass is 9.97. The van der Waals surface area contributed by atoms with E-state index < -0.39 is 36.2 Å². The van der Waals surface area contributed by atoms with E-state index >= 15 is 0 Å². The van der Waals surface area contributed by atoms with Crippen molar-refractivity contribution in [3.63, 3.8) is 0 Å². The van der Waals surface area contributed by atoms with Crippen molar-refractivity contribution >= 4 is 48.5 Å². The van der Waals surface area contributed by atoms with Crippen LogP contribution in [0.25, 0.3) is 0 Å². The molecule has 0 bridgehead atoms. The lowest BCUT2D eigenvalue weighted by molar-refractivity contribution is -0.147. The maximum absolute atomic E-state index is 12.8. The van der Waals surface area contributed by atoms with Gasteiger partial charge in [0.2, 0.25) is 13.0 Å². The predicted octanol–water partition coefficient (Wildman–Crippen LogP) is 2.83. The molecule has 28 heavy (non-hydrogen) atoms. The highest BCUT2D eigenvalue weighted by molar-refractivity contribution is 8.13. The lowest BCUT2D eigenvalue weighted by Crippen LogP contribution is -2.46. The lowest BCUT2D eigenvalue weighted by Gasteiger charge is -2.44. The second-order valence-corrected chi connectivity index (χ2v) is 15.8. The molecular weight excluding hydrogens is 446 g/mol. The molecule has 0 spiro atoms. The molecule has 2 aliphatic heterocycles. The van der Waals surface area contributed by atoms with Gasteiger partial charge in [-0.05, 0) is 23.6 Å². The highest BCUT2D eigenvalue weighted by Crippen LogP contribution is 2.68. The molecular formula is C16H28O8P2S2. The fourth-order valence-electron chi connectivity index (χ4n) is 2.64. The van der Waals surface area contributed by atoms with Gasteiger partial charge < -0.3 is 27.6 Å². The number of hydrogen-bond donors (Lipinski definition) is 0. The Hall–Kier alpha value is 0.0800. The van der Waals surface area contributed by atoms with Crippen LogP contribution in [0.2, 0.25) is 0 Å². The maximum atomic E-state index is 12.8. The van der Waals surface area contributed by atoms with E-state index in [1.807, 2.05) is 27.7 Å². The van der Waals surface area contributed by atoms with Gasteiger partial charge in [0.25, 0.3) is 0 Å². The van der Waals surface area contributed by atoms with Crippen molar-refractivity contribution in [3.05, 3.63) is 0 Å². The Bertz CT molecular complexity index is 635. The Morgan fingerprint density at radius 1 is 0.750 bits per heavy atom. The van der Waals surface area contributed by atoms with Crippen LogP contribution in [0.3, 0.4) is 0 Å². The van der Waals surface area contributed by atoms with E-state index in [1.165, 1.54) is 14.2 Å². The molecule has 2 fully saturated rings. The number of carbonyl (C=O) groups excluding carboxylic acids is 2. The average Bonchev–Trinajstić information content (AvgIpc) is 2.64. The normalized spacial score (nSPS) is 27.2. The van der Waals surface area contributed by atoms with Crippen molar-refractivity contribution in [1.29, 1.82) is 0 Å². The molecule has 8 nitrogen and oxygen atoms in total. The topological polar surface area (TPSA) is 89.5 Å². The zero-order chi connectivity index (χ0) is 21.4. The summed E-state index contributed by atoms with van der Waals surface area (Å²) in [4.78, 5) is 25.6. The average molecular weight is 474 g/mol. The molecule has 2 atom stereocenters. The number of carbonyl (C=O) groups is 2. The Balaban J connectivity index is 2.47. The SMILES string of the molecule is COC(=O)[C@@H]([C@H](C(=O)OC)P1(=S)OCC(C)(C)CO1)P1(=S)OCC(C)(C)CO1. The fourth-order valence-corrected chi connectivity index (χ4v) is 10.7. The second kappa shape index (κ2) is 8.67. The number of rotatable bonds is 5. The minimum atomic E-state index is -3.28. The van der Waals surface area contributed by atoms with Crippen LogP contribution in [-0.4, -0.2) is 63.9 Å².